The van der Waals surface area contributed by atoms with Gasteiger partial charge in [-0.25, -0.2) is 4.98 Å². The fraction of sp³-hybridized carbons (Fsp3) is 0.176. The van der Waals surface area contributed by atoms with Crippen LogP contribution in [0, 0.1) is 6.92 Å². The Balaban J connectivity index is 0.000000202. The van der Waals surface area contributed by atoms with Crippen molar-refractivity contribution in [3.8, 4) is 5.75 Å². The zero-order chi connectivity index (χ0) is 29.0. The van der Waals surface area contributed by atoms with Gasteiger partial charge >= 0.3 is 0 Å². The molecule has 5 nitrogen and oxygen atoms in total. The Morgan fingerprint density at radius 2 is 1.41 bits per heavy atom. The van der Waals surface area contributed by atoms with Crippen molar-refractivity contribution in [2.75, 3.05) is 0 Å². The smallest absolute Gasteiger partial charge is 0.205 e. The van der Waals surface area contributed by atoms with E-state index in [0.717, 1.165) is 44.6 Å². The standard InChI is InChI=1S/C24H20N2O.C10H10BrClO2/c1-19-25-23(18-27)17-26(19)24(20-11-5-2-6-12-20,21-13-7-3-8-14-21)22-15-9-4-10-16-22;1-10(2)13-5-6-3-7(12)4-8(11)9(6)14-10/h2-18H,1H3;3-4H,5H2,1-2H3. The first-order chi connectivity index (χ1) is 19.7. The van der Waals surface area contributed by atoms with E-state index in [1.54, 1.807) is 0 Å². The summed E-state index contributed by atoms with van der Waals surface area (Å²) in [6.45, 7) is 6.24. The molecule has 1 aliphatic heterocycles. The molecule has 208 valence electrons. The summed E-state index contributed by atoms with van der Waals surface area (Å²) in [6, 6.07) is 34.7. The highest BCUT2D eigenvalue weighted by atomic mass is 79.9. The van der Waals surface area contributed by atoms with Gasteiger partial charge in [0, 0.05) is 30.6 Å². The van der Waals surface area contributed by atoms with Gasteiger partial charge in [0.05, 0.1) is 11.1 Å². The number of aromatic nitrogens is 2. The molecule has 0 atom stereocenters. The van der Waals surface area contributed by atoms with Crippen LogP contribution in [0.25, 0.3) is 0 Å². The van der Waals surface area contributed by atoms with E-state index in [2.05, 4.69) is 61.9 Å². The highest BCUT2D eigenvalue weighted by Gasteiger charge is 2.39. The first-order valence-corrected chi connectivity index (χ1v) is 14.4. The van der Waals surface area contributed by atoms with E-state index in [9.17, 15) is 4.79 Å². The summed E-state index contributed by atoms with van der Waals surface area (Å²) in [5.74, 6) is 1.04. The number of hydrogen-bond acceptors (Lipinski definition) is 4. The first kappa shape index (κ1) is 28.8. The summed E-state index contributed by atoms with van der Waals surface area (Å²) in [6.07, 6.45) is 2.64. The molecule has 0 N–H and O–H groups in total. The number of carbonyl (C=O) groups is 1. The Morgan fingerprint density at radius 1 is 0.902 bits per heavy atom. The lowest BCUT2D eigenvalue weighted by Crippen LogP contribution is -2.38. The zero-order valence-corrected chi connectivity index (χ0v) is 25.4. The molecule has 4 aromatic carbocycles. The highest BCUT2D eigenvalue weighted by molar-refractivity contribution is 9.10. The number of aryl methyl sites for hydroxylation is 1. The molecule has 1 aliphatic rings. The van der Waals surface area contributed by atoms with Crippen molar-refractivity contribution in [3.05, 3.63) is 153 Å². The van der Waals surface area contributed by atoms with Crippen molar-refractivity contribution >= 4 is 33.8 Å². The second kappa shape index (κ2) is 12.0. The molecule has 41 heavy (non-hydrogen) atoms. The van der Waals surface area contributed by atoms with Crippen LogP contribution < -0.4 is 4.74 Å². The van der Waals surface area contributed by atoms with Crippen molar-refractivity contribution in [2.45, 2.75) is 38.7 Å². The van der Waals surface area contributed by atoms with E-state index in [0.29, 0.717) is 17.3 Å². The summed E-state index contributed by atoms with van der Waals surface area (Å²) < 4.78 is 14.2. The second-order valence-electron chi connectivity index (χ2n) is 10.2. The van der Waals surface area contributed by atoms with Crippen LogP contribution in [0.3, 0.4) is 0 Å². The van der Waals surface area contributed by atoms with Crippen LogP contribution in [0.5, 0.6) is 5.75 Å². The summed E-state index contributed by atoms with van der Waals surface area (Å²) >= 11 is 9.33. The number of fused-ring (bicyclic) bond motifs is 1. The van der Waals surface area contributed by atoms with Gasteiger partial charge < -0.3 is 14.0 Å². The molecule has 0 bridgehead atoms. The molecular formula is C34H30BrClN2O3. The topological polar surface area (TPSA) is 53.4 Å². The molecule has 5 aromatic rings. The van der Waals surface area contributed by atoms with E-state index < -0.39 is 11.3 Å². The minimum Gasteiger partial charge on any atom is -0.461 e. The Labute approximate surface area is 253 Å². The minimum absolute atomic E-state index is 0.430. The molecule has 1 aromatic heterocycles. The maximum atomic E-state index is 11.4. The molecule has 2 heterocycles. The largest absolute Gasteiger partial charge is 0.461 e. The SMILES string of the molecule is CC1(C)OCc2cc(Cl)cc(Br)c2O1.Cc1nc(C=O)cn1C(c1ccccc1)(c1ccccc1)c1ccccc1. The molecule has 0 radical (unpaired) electrons. The minimum atomic E-state index is -0.623. The van der Waals surface area contributed by atoms with Gasteiger partial charge in [0.25, 0.3) is 0 Å². The molecule has 0 amide bonds. The zero-order valence-electron chi connectivity index (χ0n) is 23.1. The number of nitrogens with zero attached hydrogens (tertiary/aromatic N) is 2. The molecule has 0 aliphatic carbocycles. The Kier molecular flexibility index (Phi) is 8.45. The number of benzene rings is 4. The van der Waals surface area contributed by atoms with E-state index >= 15 is 0 Å². The average Bonchev–Trinajstić information content (AvgIpc) is 3.37. The lowest BCUT2D eigenvalue weighted by atomic mass is 9.76. The number of halogens is 2. The van der Waals surface area contributed by atoms with Crippen LogP contribution >= 0.6 is 27.5 Å². The number of imidazole rings is 1. The van der Waals surface area contributed by atoms with Crippen molar-refractivity contribution in [1.82, 2.24) is 9.55 Å². The van der Waals surface area contributed by atoms with Crippen molar-refractivity contribution in [1.29, 1.82) is 0 Å². The quantitative estimate of drug-likeness (QED) is 0.144. The van der Waals surface area contributed by atoms with Crippen LogP contribution in [0.1, 0.15) is 52.4 Å². The number of carbonyl (C=O) groups excluding carboxylic acids is 1. The van der Waals surface area contributed by atoms with Gasteiger partial charge in [-0.15, -0.1) is 0 Å². The third kappa shape index (κ3) is 5.87. The number of ether oxygens (including phenoxy) is 2. The Morgan fingerprint density at radius 3 is 1.88 bits per heavy atom. The normalized spacial score (nSPS) is 13.8. The molecule has 0 saturated heterocycles. The van der Waals surface area contributed by atoms with E-state index in [4.69, 9.17) is 21.1 Å². The van der Waals surface area contributed by atoms with Crippen LogP contribution in [-0.2, 0) is 16.9 Å². The molecule has 0 saturated carbocycles. The molecular weight excluding hydrogens is 600 g/mol. The fourth-order valence-electron chi connectivity index (χ4n) is 5.21. The van der Waals surface area contributed by atoms with E-state index in [-0.39, 0.29) is 0 Å². The third-order valence-corrected chi connectivity index (χ3v) is 7.77. The maximum Gasteiger partial charge on any atom is 0.205 e. The highest BCUT2D eigenvalue weighted by Crippen LogP contribution is 2.42. The van der Waals surface area contributed by atoms with Crippen LogP contribution in [0.4, 0.5) is 0 Å². The summed E-state index contributed by atoms with van der Waals surface area (Å²) in [7, 11) is 0. The average molecular weight is 630 g/mol. The number of aldehydes is 1. The van der Waals surface area contributed by atoms with E-state index in [1.807, 2.05) is 93.7 Å². The molecule has 6 rings (SSSR count). The van der Waals surface area contributed by atoms with Crippen molar-refractivity contribution in [3.63, 3.8) is 0 Å². The van der Waals surface area contributed by atoms with Crippen molar-refractivity contribution < 1.29 is 14.3 Å². The number of rotatable bonds is 5. The van der Waals surface area contributed by atoms with Gasteiger partial charge in [0.2, 0.25) is 5.79 Å². The third-order valence-electron chi connectivity index (χ3n) is 6.97. The first-order valence-electron chi connectivity index (χ1n) is 13.2. The van der Waals surface area contributed by atoms with Crippen LogP contribution in [0.2, 0.25) is 5.02 Å². The fourth-order valence-corrected chi connectivity index (χ4v) is 6.16. The monoisotopic (exact) mass is 628 g/mol. The van der Waals surface area contributed by atoms with Gasteiger partial charge in [-0.05, 0) is 51.7 Å². The predicted molar refractivity (Wildman–Crippen MR) is 166 cm³/mol. The van der Waals surface area contributed by atoms with Crippen LogP contribution in [0.15, 0.2) is 114 Å². The van der Waals surface area contributed by atoms with Gasteiger partial charge in [-0.2, -0.15) is 0 Å². The Bertz CT molecular complexity index is 1540. The molecule has 0 fully saturated rings. The van der Waals surface area contributed by atoms with Crippen molar-refractivity contribution in [2.24, 2.45) is 0 Å². The van der Waals surface area contributed by atoms with Crippen LogP contribution in [-0.4, -0.2) is 21.6 Å². The molecule has 0 spiro atoms. The van der Waals surface area contributed by atoms with Gasteiger partial charge in [0.1, 0.15) is 22.8 Å². The summed E-state index contributed by atoms with van der Waals surface area (Å²) in [4.78, 5) is 15.9. The van der Waals surface area contributed by atoms with Gasteiger partial charge in [-0.1, -0.05) is 103 Å². The summed E-state index contributed by atoms with van der Waals surface area (Å²) in [5, 5.41) is 0.683. The maximum absolute atomic E-state index is 11.4. The lowest BCUT2D eigenvalue weighted by Gasteiger charge is -2.38. The van der Waals surface area contributed by atoms with Gasteiger partial charge in [0.15, 0.2) is 6.29 Å². The Hall–Kier alpha value is -3.71. The number of hydrogen-bond donors (Lipinski definition) is 0. The second-order valence-corrected chi connectivity index (χ2v) is 11.5. The van der Waals surface area contributed by atoms with Gasteiger partial charge in [-0.3, -0.25) is 4.79 Å². The molecule has 7 heteroatoms. The summed E-state index contributed by atoms with van der Waals surface area (Å²) in [5.41, 5.74) is 4.12. The van der Waals surface area contributed by atoms with E-state index in [1.165, 1.54) is 0 Å². The lowest BCUT2D eigenvalue weighted by molar-refractivity contribution is -0.180. The predicted octanol–water partition coefficient (Wildman–Crippen LogP) is 8.59. The molecule has 0 unspecified atom stereocenters.